The van der Waals surface area contributed by atoms with Gasteiger partial charge in [-0.3, -0.25) is 4.57 Å². The number of aromatic amines is 1. The highest BCUT2D eigenvalue weighted by atomic mass is 32.1. The Kier molecular flexibility index (Phi) is 5.56. The SMILES string of the molecule is CCCCN(c1n[nH]c(=S)n1-c1ccccc1)C(C)CC. The summed E-state index contributed by atoms with van der Waals surface area (Å²) in [4.78, 5) is 2.35. The molecule has 0 saturated carbocycles. The van der Waals surface area contributed by atoms with E-state index in [1.54, 1.807) is 0 Å². The predicted molar refractivity (Wildman–Crippen MR) is 90.8 cm³/mol. The van der Waals surface area contributed by atoms with E-state index in [-0.39, 0.29) is 0 Å². The summed E-state index contributed by atoms with van der Waals surface area (Å²) in [5, 5.41) is 7.43. The molecule has 2 rings (SSSR count). The van der Waals surface area contributed by atoms with Gasteiger partial charge in [0.1, 0.15) is 0 Å². The number of nitrogens with one attached hydrogen (secondary N) is 1. The minimum absolute atomic E-state index is 0.434. The molecule has 1 unspecified atom stereocenters. The Hall–Kier alpha value is -1.62. The molecule has 5 heteroatoms. The van der Waals surface area contributed by atoms with Crippen LogP contribution >= 0.6 is 12.2 Å². The van der Waals surface area contributed by atoms with Gasteiger partial charge in [0.25, 0.3) is 0 Å². The third kappa shape index (κ3) is 3.53. The van der Waals surface area contributed by atoms with E-state index < -0.39 is 0 Å². The highest BCUT2D eigenvalue weighted by Gasteiger charge is 2.19. The lowest BCUT2D eigenvalue weighted by Crippen LogP contribution is -2.35. The van der Waals surface area contributed by atoms with Gasteiger partial charge in [-0.05, 0) is 44.1 Å². The van der Waals surface area contributed by atoms with Crippen molar-refractivity contribution in [2.45, 2.75) is 46.1 Å². The molecule has 2 aromatic rings. The van der Waals surface area contributed by atoms with E-state index in [4.69, 9.17) is 12.2 Å². The van der Waals surface area contributed by atoms with Crippen molar-refractivity contribution in [1.29, 1.82) is 0 Å². The van der Waals surface area contributed by atoms with E-state index in [0.29, 0.717) is 10.8 Å². The molecule has 1 atom stereocenters. The van der Waals surface area contributed by atoms with E-state index in [0.717, 1.165) is 31.0 Å². The van der Waals surface area contributed by atoms with Crippen LogP contribution in [-0.4, -0.2) is 27.4 Å². The first kappa shape index (κ1) is 15.8. The van der Waals surface area contributed by atoms with Gasteiger partial charge in [-0.15, -0.1) is 5.10 Å². The predicted octanol–water partition coefficient (Wildman–Crippen LogP) is 4.33. The quantitative estimate of drug-likeness (QED) is 0.773. The second kappa shape index (κ2) is 7.41. The number of rotatable bonds is 7. The molecule has 1 aromatic carbocycles. The fourth-order valence-electron chi connectivity index (χ4n) is 2.36. The first-order valence-electron chi connectivity index (χ1n) is 7.68. The van der Waals surface area contributed by atoms with Gasteiger partial charge >= 0.3 is 0 Å². The van der Waals surface area contributed by atoms with Crippen LogP contribution in [0.3, 0.4) is 0 Å². The van der Waals surface area contributed by atoms with Gasteiger partial charge in [0.15, 0.2) is 0 Å². The molecule has 21 heavy (non-hydrogen) atoms. The third-order valence-electron chi connectivity index (χ3n) is 3.80. The van der Waals surface area contributed by atoms with Gasteiger partial charge in [0.05, 0.1) is 5.69 Å². The third-order valence-corrected chi connectivity index (χ3v) is 4.08. The maximum atomic E-state index is 5.43. The Morgan fingerprint density at radius 2 is 2.00 bits per heavy atom. The van der Waals surface area contributed by atoms with Gasteiger partial charge in [-0.2, -0.15) is 0 Å². The summed E-state index contributed by atoms with van der Waals surface area (Å²) >= 11 is 5.43. The van der Waals surface area contributed by atoms with Gasteiger partial charge in [0.2, 0.25) is 10.7 Å². The fourth-order valence-corrected chi connectivity index (χ4v) is 2.59. The molecule has 0 spiro atoms. The fraction of sp³-hybridized carbons (Fsp3) is 0.500. The number of anilines is 1. The Labute approximate surface area is 131 Å². The molecule has 1 aromatic heterocycles. The Morgan fingerprint density at radius 3 is 2.62 bits per heavy atom. The number of H-pyrrole nitrogens is 1. The lowest BCUT2D eigenvalue weighted by atomic mass is 10.2. The largest absolute Gasteiger partial charge is 0.338 e. The summed E-state index contributed by atoms with van der Waals surface area (Å²) in [5.74, 6) is 0.911. The number of para-hydroxylation sites is 1. The number of aromatic nitrogens is 3. The van der Waals surface area contributed by atoms with E-state index in [2.05, 4.69) is 48.0 Å². The molecule has 114 valence electrons. The first-order chi connectivity index (χ1) is 10.2. The maximum absolute atomic E-state index is 5.43. The average molecular weight is 304 g/mol. The van der Waals surface area contributed by atoms with Crippen LogP contribution in [0.4, 0.5) is 5.95 Å². The highest BCUT2D eigenvalue weighted by molar-refractivity contribution is 7.71. The van der Waals surface area contributed by atoms with Crippen molar-refractivity contribution in [3.63, 3.8) is 0 Å². The Bertz CT molecular complexity index is 602. The van der Waals surface area contributed by atoms with Crippen LogP contribution in [0.2, 0.25) is 0 Å². The van der Waals surface area contributed by atoms with Gasteiger partial charge in [-0.1, -0.05) is 38.5 Å². The average Bonchev–Trinajstić information content (AvgIpc) is 2.90. The Balaban J connectivity index is 2.44. The molecule has 0 amide bonds. The molecular weight excluding hydrogens is 280 g/mol. The number of unbranched alkanes of at least 4 members (excludes halogenated alkanes) is 1. The summed E-state index contributed by atoms with van der Waals surface area (Å²) in [6.45, 7) is 7.65. The summed E-state index contributed by atoms with van der Waals surface area (Å²) in [6, 6.07) is 10.6. The first-order valence-corrected chi connectivity index (χ1v) is 8.09. The molecular formula is C16H24N4S. The van der Waals surface area contributed by atoms with Crippen LogP contribution < -0.4 is 4.90 Å². The summed E-state index contributed by atoms with van der Waals surface area (Å²) in [5.41, 5.74) is 1.05. The van der Waals surface area contributed by atoms with E-state index in [1.807, 2.05) is 22.8 Å². The molecule has 0 radical (unpaired) electrons. The number of nitrogens with zero attached hydrogens (tertiary/aromatic N) is 3. The van der Waals surface area contributed by atoms with Crippen molar-refractivity contribution < 1.29 is 0 Å². The minimum atomic E-state index is 0.434. The zero-order valence-corrected chi connectivity index (χ0v) is 13.9. The second-order valence-corrected chi connectivity index (χ2v) is 5.69. The van der Waals surface area contributed by atoms with Crippen molar-refractivity contribution in [1.82, 2.24) is 14.8 Å². The topological polar surface area (TPSA) is 36.9 Å². The molecule has 0 saturated heterocycles. The number of hydrogen-bond acceptors (Lipinski definition) is 3. The molecule has 0 aliphatic rings. The second-order valence-electron chi connectivity index (χ2n) is 5.30. The van der Waals surface area contributed by atoms with Crippen molar-refractivity contribution in [2.75, 3.05) is 11.4 Å². The zero-order chi connectivity index (χ0) is 15.2. The molecule has 0 bridgehead atoms. The highest BCUT2D eigenvalue weighted by Crippen LogP contribution is 2.21. The van der Waals surface area contributed by atoms with Crippen molar-refractivity contribution >= 4 is 18.2 Å². The maximum Gasteiger partial charge on any atom is 0.230 e. The van der Waals surface area contributed by atoms with Crippen molar-refractivity contribution in [2.24, 2.45) is 0 Å². The van der Waals surface area contributed by atoms with E-state index in [9.17, 15) is 0 Å². The van der Waals surface area contributed by atoms with Crippen LogP contribution in [0.5, 0.6) is 0 Å². The molecule has 0 aliphatic carbocycles. The summed E-state index contributed by atoms with van der Waals surface area (Å²) in [6.07, 6.45) is 3.40. The van der Waals surface area contributed by atoms with E-state index >= 15 is 0 Å². The van der Waals surface area contributed by atoms with Crippen LogP contribution in [0.15, 0.2) is 30.3 Å². The lowest BCUT2D eigenvalue weighted by molar-refractivity contribution is 0.578. The van der Waals surface area contributed by atoms with Gasteiger partial charge < -0.3 is 4.90 Å². The minimum Gasteiger partial charge on any atom is -0.338 e. The lowest BCUT2D eigenvalue weighted by Gasteiger charge is -2.29. The van der Waals surface area contributed by atoms with Crippen LogP contribution in [0.1, 0.15) is 40.0 Å². The normalized spacial score (nSPS) is 12.3. The van der Waals surface area contributed by atoms with Crippen LogP contribution in [0.25, 0.3) is 5.69 Å². The molecule has 1 heterocycles. The number of benzene rings is 1. The van der Waals surface area contributed by atoms with E-state index in [1.165, 1.54) is 6.42 Å². The summed E-state index contributed by atoms with van der Waals surface area (Å²) < 4.78 is 2.66. The van der Waals surface area contributed by atoms with Crippen LogP contribution in [0, 0.1) is 4.77 Å². The van der Waals surface area contributed by atoms with Crippen molar-refractivity contribution in [3.8, 4) is 5.69 Å². The van der Waals surface area contributed by atoms with Gasteiger partial charge in [0, 0.05) is 12.6 Å². The molecule has 0 fully saturated rings. The monoisotopic (exact) mass is 304 g/mol. The molecule has 1 N–H and O–H groups in total. The zero-order valence-electron chi connectivity index (χ0n) is 13.0. The van der Waals surface area contributed by atoms with Crippen molar-refractivity contribution in [3.05, 3.63) is 35.1 Å². The Morgan fingerprint density at radius 1 is 1.29 bits per heavy atom. The smallest absolute Gasteiger partial charge is 0.230 e. The van der Waals surface area contributed by atoms with Gasteiger partial charge in [-0.25, -0.2) is 5.10 Å². The molecule has 0 aliphatic heterocycles. The standard InChI is InChI=1S/C16H24N4S/c1-4-6-12-19(13(3)5-2)15-17-18-16(21)20(15)14-10-8-7-9-11-14/h7-11,13H,4-6,12H2,1-3H3,(H,18,21). The number of hydrogen-bond donors (Lipinski definition) is 1. The molecule has 4 nitrogen and oxygen atoms in total. The summed E-state index contributed by atoms with van der Waals surface area (Å²) in [7, 11) is 0. The van der Waals surface area contributed by atoms with Crippen LogP contribution in [-0.2, 0) is 0 Å².